The van der Waals surface area contributed by atoms with Crippen molar-refractivity contribution in [2.75, 3.05) is 0 Å². The first-order chi connectivity index (χ1) is 3.27. The number of hydrogen-bond donors (Lipinski definition) is 2. The van der Waals surface area contributed by atoms with Crippen molar-refractivity contribution in [3.05, 3.63) is 0 Å². The summed E-state index contributed by atoms with van der Waals surface area (Å²) in [5.41, 5.74) is 0. The second kappa shape index (κ2) is 1.46. The summed E-state index contributed by atoms with van der Waals surface area (Å²) in [5, 5.41) is 17.3. The third kappa shape index (κ3) is 0.640. The molecule has 1 rings (SSSR count). The van der Waals surface area contributed by atoms with Crippen LogP contribution >= 0.6 is 0 Å². The molecule has 0 radical (unpaired) electrons. The summed E-state index contributed by atoms with van der Waals surface area (Å²) >= 11 is 0. The molecular formula is C5H10O2. The van der Waals surface area contributed by atoms with Crippen LogP contribution in [0, 0.1) is 5.92 Å². The van der Waals surface area contributed by atoms with Crippen molar-refractivity contribution in [2.45, 2.75) is 25.6 Å². The van der Waals surface area contributed by atoms with Gasteiger partial charge in [-0.3, -0.25) is 0 Å². The minimum atomic E-state index is -0.412. The van der Waals surface area contributed by atoms with E-state index in [4.69, 9.17) is 10.2 Å². The monoisotopic (exact) mass is 102 g/mol. The van der Waals surface area contributed by atoms with Crippen LogP contribution in [0.4, 0.5) is 0 Å². The van der Waals surface area contributed by atoms with Gasteiger partial charge in [0.15, 0.2) is 0 Å². The summed E-state index contributed by atoms with van der Waals surface area (Å²) in [5.74, 6) is 0.181. The first kappa shape index (κ1) is 5.06. The predicted molar refractivity (Wildman–Crippen MR) is 25.8 cm³/mol. The van der Waals surface area contributed by atoms with Crippen molar-refractivity contribution < 1.29 is 10.2 Å². The molecule has 0 amide bonds. The average molecular weight is 102 g/mol. The zero-order valence-electron chi connectivity index (χ0n) is 4.33. The normalized spacial score (nSPS) is 49.3. The van der Waals surface area contributed by atoms with Crippen LogP contribution in [-0.4, -0.2) is 22.4 Å². The van der Waals surface area contributed by atoms with Crippen molar-refractivity contribution in [3.8, 4) is 0 Å². The molecule has 0 heterocycles. The van der Waals surface area contributed by atoms with Gasteiger partial charge in [-0.2, -0.15) is 0 Å². The van der Waals surface area contributed by atoms with Crippen LogP contribution in [0.5, 0.6) is 0 Å². The van der Waals surface area contributed by atoms with Crippen molar-refractivity contribution in [2.24, 2.45) is 5.92 Å². The van der Waals surface area contributed by atoms with Crippen LogP contribution in [0.3, 0.4) is 0 Å². The van der Waals surface area contributed by atoms with E-state index in [9.17, 15) is 0 Å². The molecule has 1 fully saturated rings. The zero-order valence-corrected chi connectivity index (χ0v) is 4.33. The Morgan fingerprint density at radius 3 is 1.71 bits per heavy atom. The average Bonchev–Trinajstić information content (AvgIpc) is 2.17. The topological polar surface area (TPSA) is 40.5 Å². The maximum Gasteiger partial charge on any atom is 0.0856 e. The molecule has 2 unspecified atom stereocenters. The van der Waals surface area contributed by atoms with Gasteiger partial charge in [-0.05, 0) is 6.42 Å². The highest BCUT2D eigenvalue weighted by atomic mass is 16.4. The van der Waals surface area contributed by atoms with Crippen LogP contribution in [0.1, 0.15) is 13.3 Å². The van der Waals surface area contributed by atoms with Gasteiger partial charge in [0.1, 0.15) is 0 Å². The third-order valence-electron chi connectivity index (χ3n) is 1.56. The molecular weight excluding hydrogens is 92.1 g/mol. The zero-order chi connectivity index (χ0) is 5.44. The Kier molecular flexibility index (Phi) is 1.05. The maximum absolute atomic E-state index is 8.64. The van der Waals surface area contributed by atoms with E-state index in [-0.39, 0.29) is 5.92 Å². The second-order valence-corrected chi connectivity index (χ2v) is 2.05. The summed E-state index contributed by atoms with van der Waals surface area (Å²) in [4.78, 5) is 0. The Hall–Kier alpha value is -0.0800. The summed E-state index contributed by atoms with van der Waals surface area (Å²) < 4.78 is 0. The van der Waals surface area contributed by atoms with Crippen LogP contribution < -0.4 is 0 Å². The molecule has 0 aliphatic heterocycles. The van der Waals surface area contributed by atoms with Gasteiger partial charge in [0, 0.05) is 5.92 Å². The highest BCUT2D eigenvalue weighted by Gasteiger charge is 2.46. The molecule has 0 aromatic rings. The molecule has 1 saturated carbocycles. The number of hydrogen-bond acceptors (Lipinski definition) is 2. The SMILES string of the molecule is CCC1C(O)C1O. The van der Waals surface area contributed by atoms with E-state index in [1.54, 1.807) is 0 Å². The van der Waals surface area contributed by atoms with Gasteiger partial charge in [0.2, 0.25) is 0 Å². The lowest BCUT2D eigenvalue weighted by molar-refractivity contribution is 0.180. The molecule has 0 bridgehead atoms. The Morgan fingerprint density at radius 2 is 1.71 bits per heavy atom. The fraction of sp³-hybridized carbons (Fsp3) is 1.00. The quantitative estimate of drug-likeness (QED) is 0.479. The first-order valence-corrected chi connectivity index (χ1v) is 2.63. The molecule has 2 nitrogen and oxygen atoms in total. The summed E-state index contributed by atoms with van der Waals surface area (Å²) in [6.07, 6.45) is 0.0671. The van der Waals surface area contributed by atoms with Crippen molar-refractivity contribution in [1.29, 1.82) is 0 Å². The van der Waals surface area contributed by atoms with Crippen LogP contribution in [0.25, 0.3) is 0 Å². The lowest BCUT2D eigenvalue weighted by Crippen LogP contribution is -1.85. The Morgan fingerprint density at radius 1 is 1.29 bits per heavy atom. The number of aliphatic hydroxyl groups excluding tert-OH is 2. The number of rotatable bonds is 1. The highest BCUT2D eigenvalue weighted by molar-refractivity contribution is 4.96. The Bertz CT molecular complexity index is 64.5. The van der Waals surface area contributed by atoms with Gasteiger partial charge in [0.05, 0.1) is 12.2 Å². The standard InChI is InChI=1S/C5H10O2/c1-2-3-4(6)5(3)7/h3-7H,2H2,1H3. The molecule has 7 heavy (non-hydrogen) atoms. The van der Waals surface area contributed by atoms with E-state index >= 15 is 0 Å². The highest BCUT2D eigenvalue weighted by Crippen LogP contribution is 2.33. The van der Waals surface area contributed by atoms with Gasteiger partial charge < -0.3 is 10.2 Å². The van der Waals surface area contributed by atoms with Crippen molar-refractivity contribution >= 4 is 0 Å². The van der Waals surface area contributed by atoms with Gasteiger partial charge in [-0.15, -0.1) is 0 Å². The maximum atomic E-state index is 8.64. The fourth-order valence-electron chi connectivity index (χ4n) is 0.821. The molecule has 0 saturated heterocycles. The smallest absolute Gasteiger partial charge is 0.0856 e. The number of aliphatic hydroxyl groups is 2. The Balaban J connectivity index is 2.24. The van der Waals surface area contributed by atoms with Crippen LogP contribution in [0.15, 0.2) is 0 Å². The van der Waals surface area contributed by atoms with Gasteiger partial charge in [-0.1, -0.05) is 6.92 Å². The lowest BCUT2D eigenvalue weighted by Gasteiger charge is -1.78. The summed E-state index contributed by atoms with van der Waals surface area (Å²) in [6.45, 7) is 1.96. The van der Waals surface area contributed by atoms with E-state index < -0.39 is 12.2 Å². The largest absolute Gasteiger partial charge is 0.390 e. The molecule has 1 aliphatic carbocycles. The molecule has 2 heteroatoms. The minimum Gasteiger partial charge on any atom is -0.390 e. The van der Waals surface area contributed by atoms with E-state index in [2.05, 4.69) is 0 Å². The second-order valence-electron chi connectivity index (χ2n) is 2.05. The van der Waals surface area contributed by atoms with Crippen molar-refractivity contribution in [3.63, 3.8) is 0 Å². The first-order valence-electron chi connectivity index (χ1n) is 2.63. The van der Waals surface area contributed by atoms with E-state index in [1.165, 1.54) is 0 Å². The van der Waals surface area contributed by atoms with Crippen LogP contribution in [-0.2, 0) is 0 Å². The van der Waals surface area contributed by atoms with Gasteiger partial charge >= 0.3 is 0 Å². The molecule has 0 spiro atoms. The molecule has 0 aromatic carbocycles. The Labute approximate surface area is 42.8 Å². The van der Waals surface area contributed by atoms with E-state index in [0.717, 1.165) is 6.42 Å². The van der Waals surface area contributed by atoms with Crippen LogP contribution in [0.2, 0.25) is 0 Å². The molecule has 42 valence electrons. The van der Waals surface area contributed by atoms with E-state index in [0.29, 0.717) is 0 Å². The fourth-order valence-corrected chi connectivity index (χ4v) is 0.821. The van der Waals surface area contributed by atoms with Gasteiger partial charge in [0.25, 0.3) is 0 Å². The van der Waals surface area contributed by atoms with Crippen molar-refractivity contribution in [1.82, 2.24) is 0 Å². The van der Waals surface area contributed by atoms with Gasteiger partial charge in [-0.25, -0.2) is 0 Å². The predicted octanol–water partition coefficient (Wildman–Crippen LogP) is -0.252. The minimum absolute atomic E-state index is 0.181. The summed E-state index contributed by atoms with van der Waals surface area (Å²) in [7, 11) is 0. The molecule has 2 N–H and O–H groups in total. The van der Waals surface area contributed by atoms with E-state index in [1.807, 2.05) is 6.92 Å². The summed E-state index contributed by atoms with van der Waals surface area (Å²) in [6, 6.07) is 0. The molecule has 2 atom stereocenters. The third-order valence-corrected chi connectivity index (χ3v) is 1.56. The molecule has 1 aliphatic rings. The molecule has 0 aromatic heterocycles. The lowest BCUT2D eigenvalue weighted by atomic mass is 10.3.